The van der Waals surface area contributed by atoms with Crippen molar-refractivity contribution in [3.63, 3.8) is 0 Å². The first-order chi connectivity index (χ1) is 29.2. The first-order valence-corrected chi connectivity index (χ1v) is 19.6. The van der Waals surface area contributed by atoms with Gasteiger partial charge in [-0.1, -0.05) is 133 Å². The summed E-state index contributed by atoms with van der Waals surface area (Å²) in [4.78, 5) is 20.7. The predicted octanol–water partition coefficient (Wildman–Crippen LogP) is 13.3. The topological polar surface area (TPSA) is 82.8 Å². The molecule has 0 spiro atoms. The van der Waals surface area contributed by atoms with Crippen molar-refractivity contribution in [2.24, 2.45) is 0 Å². The van der Waals surface area contributed by atoms with Crippen LogP contribution in [0.25, 0.3) is 117 Å². The van der Waals surface area contributed by atoms with Crippen molar-refractivity contribution in [1.29, 1.82) is 0 Å². The second-order valence-electron chi connectivity index (χ2n) is 14.6. The average Bonchev–Trinajstić information content (AvgIpc) is 4.01. The first-order valence-electron chi connectivity index (χ1n) is 19.6. The molecule has 7 nitrogen and oxygen atoms in total. The molecule has 12 rings (SSSR count). The molecule has 0 unspecified atom stereocenters. The number of benzene rings is 8. The fourth-order valence-electron chi connectivity index (χ4n) is 8.34. The Kier molecular flexibility index (Phi) is 7.40. The molecule has 8 aromatic carbocycles. The van der Waals surface area contributed by atoms with Gasteiger partial charge in [-0.3, -0.25) is 4.57 Å². The minimum Gasteiger partial charge on any atom is -0.455 e. The van der Waals surface area contributed by atoms with E-state index in [0.717, 1.165) is 94.2 Å². The molecule has 0 fully saturated rings. The van der Waals surface area contributed by atoms with Gasteiger partial charge in [-0.25, -0.2) is 19.9 Å². The van der Waals surface area contributed by atoms with Crippen LogP contribution in [0.4, 0.5) is 0 Å². The van der Waals surface area contributed by atoms with Crippen LogP contribution in [0.15, 0.2) is 197 Å². The molecule has 0 radical (unpaired) electrons. The number of aromatic nitrogens is 5. The van der Waals surface area contributed by atoms with E-state index in [-0.39, 0.29) is 0 Å². The standard InChI is InChI=1S/C52H31N5O2/c1-4-16-32(17-5-1)34-30-41-38-24-15-26-40(47(38)59-48(41)42(31-34)52-53-43-27-11-12-28-44(43)57(52)35-20-8-3-9-21-35)51-55-49(33-18-6-2-7-19-33)54-50(56-51)39-25-14-23-37-36-22-10-13-29-45(36)58-46(37)39/h1-31H. The molecule has 7 heteroatoms. The number of para-hydroxylation sites is 6. The maximum absolute atomic E-state index is 7.13. The van der Waals surface area contributed by atoms with Crippen molar-refractivity contribution in [3.05, 3.63) is 188 Å². The van der Waals surface area contributed by atoms with Gasteiger partial charge in [-0.2, -0.15) is 0 Å². The van der Waals surface area contributed by atoms with Gasteiger partial charge >= 0.3 is 0 Å². The Morgan fingerprint density at radius 3 is 1.66 bits per heavy atom. The highest BCUT2D eigenvalue weighted by Crippen LogP contribution is 2.44. The molecule has 12 aromatic rings. The van der Waals surface area contributed by atoms with Crippen LogP contribution < -0.4 is 0 Å². The highest BCUT2D eigenvalue weighted by atomic mass is 16.3. The van der Waals surface area contributed by atoms with Crippen molar-refractivity contribution in [2.75, 3.05) is 0 Å². The van der Waals surface area contributed by atoms with Gasteiger partial charge < -0.3 is 8.83 Å². The summed E-state index contributed by atoms with van der Waals surface area (Å²) in [7, 11) is 0. The lowest BCUT2D eigenvalue weighted by Crippen LogP contribution is -2.00. The number of imidazole rings is 1. The number of hydrogen-bond acceptors (Lipinski definition) is 6. The normalized spacial score (nSPS) is 11.7. The van der Waals surface area contributed by atoms with Crippen LogP contribution in [-0.4, -0.2) is 24.5 Å². The summed E-state index contributed by atoms with van der Waals surface area (Å²) >= 11 is 0. The van der Waals surface area contributed by atoms with Crippen LogP contribution >= 0.6 is 0 Å². The first kappa shape index (κ1) is 33.0. The van der Waals surface area contributed by atoms with E-state index in [1.54, 1.807) is 0 Å². The number of hydrogen-bond donors (Lipinski definition) is 0. The van der Waals surface area contributed by atoms with E-state index >= 15 is 0 Å². The average molecular weight is 758 g/mol. The Labute approximate surface area is 337 Å². The molecule has 0 N–H and O–H groups in total. The van der Waals surface area contributed by atoms with Crippen molar-refractivity contribution in [2.45, 2.75) is 0 Å². The Bertz CT molecular complexity index is 3550. The largest absolute Gasteiger partial charge is 0.455 e. The zero-order chi connectivity index (χ0) is 38.9. The third-order valence-electron chi connectivity index (χ3n) is 11.1. The molecule has 0 bridgehead atoms. The molecule has 0 atom stereocenters. The van der Waals surface area contributed by atoms with Gasteiger partial charge in [0.25, 0.3) is 0 Å². The van der Waals surface area contributed by atoms with E-state index in [4.69, 9.17) is 28.8 Å². The molecular weight excluding hydrogens is 727 g/mol. The summed E-state index contributed by atoms with van der Waals surface area (Å²) < 4.78 is 15.8. The van der Waals surface area contributed by atoms with Crippen LogP contribution in [0.1, 0.15) is 0 Å². The monoisotopic (exact) mass is 757 g/mol. The van der Waals surface area contributed by atoms with Gasteiger partial charge in [0.2, 0.25) is 0 Å². The van der Waals surface area contributed by atoms with Gasteiger partial charge in [-0.05, 0) is 65.7 Å². The molecule has 0 aliphatic rings. The van der Waals surface area contributed by atoms with Crippen molar-refractivity contribution >= 4 is 54.9 Å². The molecule has 4 aromatic heterocycles. The molecule has 4 heterocycles. The van der Waals surface area contributed by atoms with Crippen LogP contribution in [-0.2, 0) is 0 Å². The Morgan fingerprint density at radius 2 is 0.915 bits per heavy atom. The smallest absolute Gasteiger partial charge is 0.167 e. The Balaban J connectivity index is 1.14. The minimum atomic E-state index is 0.494. The van der Waals surface area contributed by atoms with Crippen LogP contribution in [0, 0.1) is 0 Å². The molecule has 0 amide bonds. The van der Waals surface area contributed by atoms with Gasteiger partial charge in [0.1, 0.15) is 28.2 Å². The van der Waals surface area contributed by atoms with Crippen LogP contribution in [0.5, 0.6) is 0 Å². The quantitative estimate of drug-likeness (QED) is 0.168. The molecule has 0 saturated heterocycles. The van der Waals surface area contributed by atoms with Crippen molar-refractivity contribution in [3.8, 4) is 62.4 Å². The summed E-state index contributed by atoms with van der Waals surface area (Å²) in [5, 5.41) is 3.96. The van der Waals surface area contributed by atoms with Gasteiger partial charge in [0.15, 0.2) is 17.5 Å². The van der Waals surface area contributed by atoms with Crippen LogP contribution in [0.2, 0.25) is 0 Å². The molecule has 276 valence electrons. The highest BCUT2D eigenvalue weighted by Gasteiger charge is 2.24. The fraction of sp³-hybridized carbons (Fsp3) is 0. The summed E-state index contributed by atoms with van der Waals surface area (Å²) in [6.07, 6.45) is 0. The SMILES string of the molecule is c1ccc(-c2cc(-c3nc4ccccc4n3-c3ccccc3)c3oc4c(-c5nc(-c6ccccc6)nc(-c6cccc7c6oc6ccccc67)n5)cccc4c3c2)cc1. The number of nitrogens with zero attached hydrogens (tertiary/aromatic N) is 5. The van der Waals surface area contributed by atoms with E-state index in [9.17, 15) is 0 Å². The van der Waals surface area contributed by atoms with Gasteiger partial charge in [0.05, 0.1) is 27.7 Å². The summed E-state index contributed by atoms with van der Waals surface area (Å²) in [6.45, 7) is 0. The van der Waals surface area contributed by atoms with E-state index in [0.29, 0.717) is 23.1 Å². The highest BCUT2D eigenvalue weighted by molar-refractivity contribution is 6.14. The van der Waals surface area contributed by atoms with E-state index in [1.807, 2.05) is 91.0 Å². The van der Waals surface area contributed by atoms with Gasteiger partial charge in [-0.15, -0.1) is 0 Å². The third-order valence-corrected chi connectivity index (χ3v) is 11.1. The molecule has 0 aliphatic heterocycles. The maximum Gasteiger partial charge on any atom is 0.167 e. The summed E-state index contributed by atoms with van der Waals surface area (Å²) in [5.74, 6) is 2.34. The Hall–Kier alpha value is -8.16. The Morgan fingerprint density at radius 1 is 0.356 bits per heavy atom. The van der Waals surface area contributed by atoms with Crippen molar-refractivity contribution in [1.82, 2.24) is 24.5 Å². The summed E-state index contributed by atoms with van der Waals surface area (Å²) in [5.41, 5.74) is 11.3. The number of fused-ring (bicyclic) bond motifs is 7. The molecular formula is C52H31N5O2. The van der Waals surface area contributed by atoms with Crippen molar-refractivity contribution < 1.29 is 8.83 Å². The predicted molar refractivity (Wildman–Crippen MR) is 236 cm³/mol. The van der Waals surface area contributed by atoms with E-state index in [2.05, 4.69) is 102 Å². The minimum absolute atomic E-state index is 0.494. The van der Waals surface area contributed by atoms with Gasteiger partial charge in [0, 0.05) is 32.8 Å². The number of furan rings is 2. The second kappa shape index (κ2) is 13.2. The molecule has 0 saturated carbocycles. The lowest BCUT2D eigenvalue weighted by atomic mass is 9.98. The zero-order valence-electron chi connectivity index (χ0n) is 31.5. The zero-order valence-corrected chi connectivity index (χ0v) is 31.5. The lowest BCUT2D eigenvalue weighted by molar-refractivity contribution is 0.669. The number of rotatable bonds is 6. The molecule has 0 aliphatic carbocycles. The fourth-order valence-corrected chi connectivity index (χ4v) is 8.34. The van der Waals surface area contributed by atoms with Crippen LogP contribution in [0.3, 0.4) is 0 Å². The van der Waals surface area contributed by atoms with E-state index < -0.39 is 0 Å². The summed E-state index contributed by atoms with van der Waals surface area (Å²) in [6, 6.07) is 63.9. The maximum atomic E-state index is 7.13. The third kappa shape index (κ3) is 5.36. The molecule has 59 heavy (non-hydrogen) atoms. The second-order valence-corrected chi connectivity index (χ2v) is 14.6. The lowest BCUT2D eigenvalue weighted by Gasteiger charge is -2.11. The van der Waals surface area contributed by atoms with E-state index in [1.165, 1.54) is 0 Å².